The van der Waals surface area contributed by atoms with Crippen molar-refractivity contribution in [3.05, 3.63) is 47.1 Å². The fourth-order valence-electron chi connectivity index (χ4n) is 7.55. The van der Waals surface area contributed by atoms with E-state index in [1.54, 1.807) is 29.6 Å². The molecular formula is C33H45ClN6O4S. The fraction of sp³-hybridized carbons (Fsp3) is 0.606. The van der Waals surface area contributed by atoms with Gasteiger partial charge in [-0.15, -0.1) is 0 Å². The molecule has 1 aromatic carbocycles. The molecule has 244 valence electrons. The van der Waals surface area contributed by atoms with Gasteiger partial charge in [0, 0.05) is 88.7 Å². The lowest BCUT2D eigenvalue weighted by Gasteiger charge is -2.34. The van der Waals surface area contributed by atoms with Crippen molar-refractivity contribution in [3.63, 3.8) is 0 Å². The number of hydrogen-bond donors (Lipinski definition) is 0. The normalized spacial score (nSPS) is 23.1. The zero-order chi connectivity index (χ0) is 31.7. The third-order valence-electron chi connectivity index (χ3n) is 10.2. The molecule has 45 heavy (non-hydrogen) atoms. The van der Waals surface area contributed by atoms with Crippen molar-refractivity contribution in [1.82, 2.24) is 19.1 Å². The number of carbonyl (C=O) groups is 2. The van der Waals surface area contributed by atoms with Crippen molar-refractivity contribution in [2.24, 2.45) is 17.8 Å². The minimum Gasteiger partial charge on any atom is -0.355 e. The molecule has 0 aliphatic carbocycles. The minimum absolute atomic E-state index is 0.0584. The number of likely N-dealkylation sites (tertiary alicyclic amines) is 2. The van der Waals surface area contributed by atoms with Crippen molar-refractivity contribution in [2.75, 3.05) is 75.2 Å². The molecule has 0 N–H and O–H groups in total. The third-order valence-corrected chi connectivity index (χ3v) is 12.4. The summed E-state index contributed by atoms with van der Waals surface area (Å²) < 4.78 is 29.2. The molecule has 2 amide bonds. The molecular weight excluding hydrogens is 612 g/mol. The van der Waals surface area contributed by atoms with Gasteiger partial charge in [0.05, 0.1) is 0 Å². The first-order valence-corrected chi connectivity index (χ1v) is 18.2. The van der Waals surface area contributed by atoms with Crippen molar-refractivity contribution in [2.45, 2.75) is 50.8 Å². The van der Waals surface area contributed by atoms with E-state index in [0.717, 1.165) is 63.2 Å². The number of anilines is 2. The Morgan fingerprint density at radius 2 is 1.69 bits per heavy atom. The number of piperidine rings is 1. The molecule has 4 aliphatic rings. The summed E-state index contributed by atoms with van der Waals surface area (Å²) in [5, 5.41) is 0.641. The lowest BCUT2D eigenvalue weighted by Crippen LogP contribution is -2.44. The van der Waals surface area contributed by atoms with Gasteiger partial charge in [-0.3, -0.25) is 9.59 Å². The number of nitrogens with zero attached hydrogens (tertiary/aromatic N) is 6. The number of rotatable bonds is 9. The molecule has 5 heterocycles. The zero-order valence-electron chi connectivity index (χ0n) is 26.4. The van der Waals surface area contributed by atoms with Gasteiger partial charge in [-0.25, -0.2) is 13.4 Å². The Kier molecular flexibility index (Phi) is 9.70. The van der Waals surface area contributed by atoms with Crippen LogP contribution in [0.4, 0.5) is 11.5 Å². The van der Waals surface area contributed by atoms with Crippen LogP contribution in [0.2, 0.25) is 5.02 Å². The molecule has 4 aliphatic heterocycles. The summed E-state index contributed by atoms with van der Waals surface area (Å²) in [5.41, 5.74) is 1.78. The second-order valence-electron chi connectivity index (χ2n) is 13.2. The Morgan fingerprint density at radius 3 is 2.33 bits per heavy atom. The van der Waals surface area contributed by atoms with Crippen LogP contribution in [0.1, 0.15) is 44.6 Å². The van der Waals surface area contributed by atoms with Gasteiger partial charge in [-0.1, -0.05) is 17.7 Å². The topological polar surface area (TPSA) is 97.4 Å². The van der Waals surface area contributed by atoms with E-state index in [1.165, 1.54) is 0 Å². The zero-order valence-corrected chi connectivity index (χ0v) is 28.0. The number of carbonyl (C=O) groups excluding carboxylic acids is 2. The van der Waals surface area contributed by atoms with Crippen LogP contribution >= 0.6 is 11.6 Å². The number of hydrogen-bond acceptors (Lipinski definition) is 7. The van der Waals surface area contributed by atoms with E-state index in [1.807, 2.05) is 34.9 Å². The van der Waals surface area contributed by atoms with E-state index in [0.29, 0.717) is 73.1 Å². The summed E-state index contributed by atoms with van der Waals surface area (Å²) in [6, 6.07) is 9.23. The molecule has 0 bridgehead atoms. The summed E-state index contributed by atoms with van der Waals surface area (Å²) in [6.45, 7) is 10.6. The molecule has 4 fully saturated rings. The van der Waals surface area contributed by atoms with Gasteiger partial charge in [0.1, 0.15) is 10.7 Å². The predicted molar refractivity (Wildman–Crippen MR) is 176 cm³/mol. The summed E-state index contributed by atoms with van der Waals surface area (Å²) in [7, 11) is -3.63. The predicted octanol–water partition coefficient (Wildman–Crippen LogP) is 3.88. The second kappa shape index (κ2) is 13.6. The molecule has 2 aromatic rings. The van der Waals surface area contributed by atoms with E-state index >= 15 is 0 Å². The second-order valence-corrected chi connectivity index (χ2v) is 15.5. The molecule has 2 unspecified atom stereocenters. The fourth-order valence-corrected chi connectivity index (χ4v) is 9.44. The molecule has 0 spiro atoms. The monoisotopic (exact) mass is 656 g/mol. The Labute approximate surface area is 272 Å². The smallest absolute Gasteiger partial charge is 0.246 e. The van der Waals surface area contributed by atoms with Crippen molar-refractivity contribution < 1.29 is 18.0 Å². The van der Waals surface area contributed by atoms with Crippen molar-refractivity contribution >= 4 is 44.9 Å². The highest BCUT2D eigenvalue weighted by Crippen LogP contribution is 2.37. The first-order valence-electron chi connectivity index (χ1n) is 16.4. The van der Waals surface area contributed by atoms with Crippen LogP contribution < -0.4 is 9.80 Å². The number of aryl methyl sites for hydroxylation is 1. The average Bonchev–Trinajstić information content (AvgIpc) is 3.79. The van der Waals surface area contributed by atoms with Crippen molar-refractivity contribution in [1.29, 1.82) is 0 Å². The Morgan fingerprint density at radius 1 is 1.00 bits per heavy atom. The molecule has 0 radical (unpaired) electrons. The molecule has 2 atom stereocenters. The van der Waals surface area contributed by atoms with E-state index in [-0.39, 0.29) is 17.7 Å². The van der Waals surface area contributed by atoms with Gasteiger partial charge in [-0.2, -0.15) is 4.31 Å². The van der Waals surface area contributed by atoms with Crippen LogP contribution in [0.25, 0.3) is 0 Å². The van der Waals surface area contributed by atoms with Crippen LogP contribution in [-0.2, 0) is 19.6 Å². The van der Waals surface area contributed by atoms with E-state index < -0.39 is 10.0 Å². The molecule has 4 saturated heterocycles. The Hall–Kier alpha value is -2.73. The van der Waals surface area contributed by atoms with Gasteiger partial charge in [0.25, 0.3) is 0 Å². The lowest BCUT2D eigenvalue weighted by atomic mass is 9.94. The van der Waals surface area contributed by atoms with Crippen LogP contribution in [0, 0.1) is 24.7 Å². The quantitative estimate of drug-likeness (QED) is 0.404. The molecule has 0 saturated carbocycles. The average molecular weight is 657 g/mol. The van der Waals surface area contributed by atoms with Gasteiger partial charge in [-0.05, 0) is 87.2 Å². The summed E-state index contributed by atoms with van der Waals surface area (Å²) in [5.74, 6) is 1.22. The van der Waals surface area contributed by atoms with Crippen LogP contribution in [0.15, 0.2) is 41.4 Å². The van der Waals surface area contributed by atoms with Gasteiger partial charge in [0.15, 0.2) is 0 Å². The molecule has 1 aromatic heterocycles. The largest absolute Gasteiger partial charge is 0.355 e. The minimum atomic E-state index is -3.63. The third kappa shape index (κ3) is 6.87. The maximum atomic E-state index is 13.8. The van der Waals surface area contributed by atoms with E-state index in [2.05, 4.69) is 14.8 Å². The van der Waals surface area contributed by atoms with Crippen molar-refractivity contribution in [3.8, 4) is 0 Å². The standard InChI is InChI=1S/C33H45ClN6O4S/c1-24-8-9-29(19-30(24)34)40(33(42)26-10-17-37(18-11-26)25(2)41)16-6-13-36-20-27-22-39(23-28(27)21-36)45(43,44)31-7-5-12-35-32(31)38-14-3-4-15-38/h5,7-9,12,19,26-28H,3-4,6,10-11,13-18,20-23H2,1-2H3. The summed E-state index contributed by atoms with van der Waals surface area (Å²) in [6.07, 6.45) is 5.95. The maximum Gasteiger partial charge on any atom is 0.246 e. The first kappa shape index (κ1) is 32.2. The highest BCUT2D eigenvalue weighted by atomic mass is 35.5. The summed E-state index contributed by atoms with van der Waals surface area (Å²) >= 11 is 6.48. The number of halogens is 1. The number of benzene rings is 1. The lowest BCUT2D eigenvalue weighted by molar-refractivity contribution is -0.133. The maximum absolute atomic E-state index is 13.8. The Bertz CT molecular complexity index is 1490. The molecule has 10 nitrogen and oxygen atoms in total. The number of fused-ring (bicyclic) bond motifs is 1. The van der Waals surface area contributed by atoms with Crippen LogP contribution in [0.3, 0.4) is 0 Å². The SMILES string of the molecule is CC(=O)N1CCC(C(=O)N(CCCN2CC3CN(S(=O)(=O)c4cccnc4N4CCCC4)CC3C2)c2ccc(C)c(Cl)c2)CC1. The highest BCUT2D eigenvalue weighted by molar-refractivity contribution is 7.89. The number of pyridine rings is 1. The molecule has 12 heteroatoms. The first-order chi connectivity index (χ1) is 21.6. The molecule has 6 rings (SSSR count). The number of amides is 2. The highest BCUT2D eigenvalue weighted by Gasteiger charge is 2.45. The number of sulfonamides is 1. The number of aromatic nitrogens is 1. The van der Waals surface area contributed by atoms with Crippen LogP contribution in [0.5, 0.6) is 0 Å². The van der Waals surface area contributed by atoms with Gasteiger partial charge in [0.2, 0.25) is 21.8 Å². The summed E-state index contributed by atoms with van der Waals surface area (Å²) in [4.78, 5) is 38.6. The Balaban J connectivity index is 1.06. The van der Waals surface area contributed by atoms with Crippen LogP contribution in [-0.4, -0.2) is 105 Å². The van der Waals surface area contributed by atoms with Gasteiger partial charge < -0.3 is 19.6 Å². The van der Waals surface area contributed by atoms with E-state index in [9.17, 15) is 18.0 Å². The van der Waals surface area contributed by atoms with E-state index in [4.69, 9.17) is 11.6 Å². The van der Waals surface area contributed by atoms with Gasteiger partial charge >= 0.3 is 0 Å².